The summed E-state index contributed by atoms with van der Waals surface area (Å²) in [6.07, 6.45) is 4.27. The summed E-state index contributed by atoms with van der Waals surface area (Å²) in [5.41, 5.74) is -0.0794. The number of anilines is 1. The van der Waals surface area contributed by atoms with E-state index in [2.05, 4.69) is 21.8 Å². The molecule has 1 unspecified atom stereocenters. The molecule has 1 aromatic heterocycles. The minimum Gasteiger partial charge on any atom is -0.377 e. The van der Waals surface area contributed by atoms with Crippen molar-refractivity contribution in [3.8, 4) is 0 Å². The Bertz CT molecular complexity index is 360. The number of aromatic nitrogens is 2. The number of rotatable bonds is 2. The molecule has 0 saturated carbocycles. The highest BCUT2D eigenvalue weighted by molar-refractivity contribution is 6.29. The highest BCUT2D eigenvalue weighted by Crippen LogP contribution is 2.27. The first-order chi connectivity index (χ1) is 7.13. The van der Waals surface area contributed by atoms with Crippen LogP contribution in [0.4, 0.5) is 5.82 Å². The Labute approximate surface area is 94.2 Å². The molecular formula is C10H14ClN3O. The molecule has 0 radical (unpaired) electrons. The van der Waals surface area contributed by atoms with E-state index in [1.165, 1.54) is 6.20 Å². The number of ether oxygens (including phenoxy) is 1. The van der Waals surface area contributed by atoms with Crippen LogP contribution >= 0.6 is 11.6 Å². The van der Waals surface area contributed by atoms with Crippen molar-refractivity contribution < 1.29 is 4.74 Å². The summed E-state index contributed by atoms with van der Waals surface area (Å²) in [4.78, 5) is 10.4. The molecule has 0 bridgehead atoms. The number of nitrogens with zero attached hydrogens (tertiary/aromatic N) is 3. The molecule has 82 valence electrons. The van der Waals surface area contributed by atoms with Gasteiger partial charge in [-0.2, -0.15) is 0 Å². The minimum absolute atomic E-state index is 0.0794. The molecule has 0 aliphatic carbocycles. The van der Waals surface area contributed by atoms with E-state index in [4.69, 9.17) is 16.3 Å². The van der Waals surface area contributed by atoms with E-state index in [1.54, 1.807) is 13.3 Å². The van der Waals surface area contributed by atoms with E-state index < -0.39 is 0 Å². The van der Waals surface area contributed by atoms with E-state index in [0.717, 1.165) is 25.3 Å². The van der Waals surface area contributed by atoms with E-state index in [0.29, 0.717) is 5.15 Å². The summed E-state index contributed by atoms with van der Waals surface area (Å²) in [6, 6.07) is 0. The maximum Gasteiger partial charge on any atom is 0.149 e. The van der Waals surface area contributed by atoms with Crippen LogP contribution in [-0.2, 0) is 4.74 Å². The second kappa shape index (κ2) is 3.94. The normalized spacial score (nSPS) is 25.9. The van der Waals surface area contributed by atoms with Crippen molar-refractivity contribution in [3.63, 3.8) is 0 Å². The molecule has 2 rings (SSSR count). The zero-order valence-electron chi connectivity index (χ0n) is 8.90. The molecule has 1 aliphatic heterocycles. The maximum atomic E-state index is 5.80. The molecule has 1 atom stereocenters. The molecule has 0 spiro atoms. The van der Waals surface area contributed by atoms with Crippen LogP contribution in [0.5, 0.6) is 0 Å². The van der Waals surface area contributed by atoms with Gasteiger partial charge >= 0.3 is 0 Å². The second-order valence-electron chi connectivity index (χ2n) is 4.03. The topological polar surface area (TPSA) is 38.2 Å². The monoisotopic (exact) mass is 227 g/mol. The van der Waals surface area contributed by atoms with Crippen molar-refractivity contribution in [2.24, 2.45) is 0 Å². The molecule has 0 aromatic carbocycles. The third-order valence-electron chi connectivity index (χ3n) is 2.85. The van der Waals surface area contributed by atoms with Crippen LogP contribution in [0, 0.1) is 0 Å². The van der Waals surface area contributed by atoms with Gasteiger partial charge in [-0.1, -0.05) is 11.6 Å². The van der Waals surface area contributed by atoms with Gasteiger partial charge in [0.2, 0.25) is 0 Å². The van der Waals surface area contributed by atoms with Crippen LogP contribution in [-0.4, -0.2) is 35.8 Å². The lowest BCUT2D eigenvalue weighted by Crippen LogP contribution is -2.32. The molecule has 0 N–H and O–H groups in total. The van der Waals surface area contributed by atoms with Gasteiger partial charge in [0.15, 0.2) is 0 Å². The predicted octanol–water partition coefficient (Wildman–Crippen LogP) is 1.75. The molecule has 1 aromatic rings. The van der Waals surface area contributed by atoms with E-state index in [1.807, 2.05) is 0 Å². The Balaban J connectivity index is 2.14. The van der Waals surface area contributed by atoms with Crippen molar-refractivity contribution in [2.75, 3.05) is 25.1 Å². The molecule has 1 fully saturated rings. The lowest BCUT2D eigenvalue weighted by molar-refractivity contribution is 0.0256. The van der Waals surface area contributed by atoms with Gasteiger partial charge in [-0.15, -0.1) is 0 Å². The van der Waals surface area contributed by atoms with Crippen LogP contribution in [0.2, 0.25) is 5.15 Å². The van der Waals surface area contributed by atoms with Crippen molar-refractivity contribution in [3.05, 3.63) is 17.5 Å². The predicted molar refractivity (Wildman–Crippen MR) is 59.3 cm³/mol. The van der Waals surface area contributed by atoms with Gasteiger partial charge in [0.25, 0.3) is 0 Å². The third kappa shape index (κ3) is 2.21. The van der Waals surface area contributed by atoms with Gasteiger partial charge in [-0.05, 0) is 13.3 Å². The minimum atomic E-state index is -0.0794. The third-order valence-corrected chi connectivity index (χ3v) is 3.03. The van der Waals surface area contributed by atoms with Crippen LogP contribution < -0.4 is 4.90 Å². The average Bonchev–Trinajstić information content (AvgIpc) is 2.62. The maximum absolute atomic E-state index is 5.80. The van der Waals surface area contributed by atoms with Gasteiger partial charge < -0.3 is 9.64 Å². The number of hydrogen-bond donors (Lipinski definition) is 0. The molecule has 15 heavy (non-hydrogen) atoms. The molecule has 1 saturated heterocycles. The second-order valence-corrected chi connectivity index (χ2v) is 4.41. The first-order valence-corrected chi connectivity index (χ1v) is 5.28. The molecule has 1 aliphatic rings. The van der Waals surface area contributed by atoms with E-state index in [-0.39, 0.29) is 5.60 Å². The van der Waals surface area contributed by atoms with Gasteiger partial charge in [-0.3, -0.25) is 4.98 Å². The first-order valence-electron chi connectivity index (χ1n) is 4.91. The lowest BCUT2D eigenvalue weighted by atomic mass is 10.1. The molecule has 5 heteroatoms. The number of hydrogen-bond acceptors (Lipinski definition) is 4. The molecular weight excluding hydrogens is 214 g/mol. The Morgan fingerprint density at radius 2 is 2.33 bits per heavy atom. The molecule has 4 nitrogen and oxygen atoms in total. The summed E-state index contributed by atoms with van der Waals surface area (Å²) < 4.78 is 5.46. The summed E-state index contributed by atoms with van der Waals surface area (Å²) in [5.74, 6) is 0.822. The fourth-order valence-corrected chi connectivity index (χ4v) is 1.92. The Hall–Kier alpha value is -0.870. The standard InChI is InChI=1S/C10H14ClN3O/c1-10(15-2)3-4-14(7-10)9-6-12-5-8(11)13-9/h5-6H,3-4,7H2,1-2H3. The van der Waals surface area contributed by atoms with E-state index >= 15 is 0 Å². The molecule has 2 heterocycles. The quantitative estimate of drug-likeness (QED) is 0.772. The highest BCUT2D eigenvalue weighted by Gasteiger charge is 2.34. The van der Waals surface area contributed by atoms with Crippen LogP contribution in [0.15, 0.2) is 12.4 Å². The van der Waals surface area contributed by atoms with Crippen LogP contribution in [0.3, 0.4) is 0 Å². The summed E-state index contributed by atoms with van der Waals surface area (Å²) in [5, 5.41) is 0.429. The van der Waals surface area contributed by atoms with Gasteiger partial charge in [0.1, 0.15) is 11.0 Å². The Morgan fingerprint density at radius 1 is 1.53 bits per heavy atom. The van der Waals surface area contributed by atoms with Gasteiger partial charge in [0.05, 0.1) is 18.0 Å². The fourth-order valence-electron chi connectivity index (χ4n) is 1.78. The Kier molecular flexibility index (Phi) is 2.80. The smallest absolute Gasteiger partial charge is 0.149 e. The van der Waals surface area contributed by atoms with Crippen molar-refractivity contribution >= 4 is 17.4 Å². The largest absolute Gasteiger partial charge is 0.377 e. The summed E-state index contributed by atoms with van der Waals surface area (Å²) in [7, 11) is 1.74. The zero-order chi connectivity index (χ0) is 10.9. The zero-order valence-corrected chi connectivity index (χ0v) is 9.66. The van der Waals surface area contributed by atoms with Crippen molar-refractivity contribution in [1.29, 1.82) is 0 Å². The lowest BCUT2D eigenvalue weighted by Gasteiger charge is -2.23. The number of halogens is 1. The van der Waals surface area contributed by atoms with Gasteiger partial charge in [-0.25, -0.2) is 4.98 Å². The number of methoxy groups -OCH3 is 1. The van der Waals surface area contributed by atoms with Gasteiger partial charge in [0, 0.05) is 20.2 Å². The fraction of sp³-hybridized carbons (Fsp3) is 0.600. The summed E-state index contributed by atoms with van der Waals surface area (Å²) >= 11 is 5.80. The van der Waals surface area contributed by atoms with Crippen molar-refractivity contribution in [2.45, 2.75) is 18.9 Å². The van der Waals surface area contributed by atoms with Crippen LogP contribution in [0.1, 0.15) is 13.3 Å². The van der Waals surface area contributed by atoms with Crippen LogP contribution in [0.25, 0.3) is 0 Å². The Morgan fingerprint density at radius 3 is 2.93 bits per heavy atom. The SMILES string of the molecule is COC1(C)CCN(c2cncc(Cl)n2)C1. The molecule has 0 amide bonds. The highest BCUT2D eigenvalue weighted by atomic mass is 35.5. The van der Waals surface area contributed by atoms with E-state index in [9.17, 15) is 0 Å². The summed E-state index contributed by atoms with van der Waals surface area (Å²) in [6.45, 7) is 3.86. The van der Waals surface area contributed by atoms with Crippen molar-refractivity contribution in [1.82, 2.24) is 9.97 Å². The average molecular weight is 228 g/mol. The first kappa shape index (κ1) is 10.6.